The predicted molar refractivity (Wildman–Crippen MR) is 195 cm³/mol. The zero-order valence-electron chi connectivity index (χ0n) is 31.8. The molecule has 5 fully saturated rings. The Kier molecular flexibility index (Phi) is 11.9. The second-order valence-corrected chi connectivity index (χ2v) is 20.6. The molecule has 2 saturated heterocycles. The molecule has 0 aromatic heterocycles. The molecule has 4 N–H and O–H groups in total. The number of nitrogens with one attached hydrogen (secondary N) is 4. The maximum Gasteiger partial charge on any atom is 0.315 e. The van der Waals surface area contributed by atoms with Gasteiger partial charge in [0.15, 0.2) is 9.84 Å². The number of urea groups is 1. The van der Waals surface area contributed by atoms with Crippen molar-refractivity contribution in [1.29, 1.82) is 0 Å². The van der Waals surface area contributed by atoms with Crippen molar-refractivity contribution in [3.05, 3.63) is 0 Å². The molecule has 2 heterocycles. The van der Waals surface area contributed by atoms with Crippen molar-refractivity contribution in [3.8, 4) is 0 Å². The summed E-state index contributed by atoms with van der Waals surface area (Å²) in [5.74, 6) is -2.12. The number of carbonyl (C=O) groups is 5. The molecule has 0 bridgehead atoms. The van der Waals surface area contributed by atoms with Crippen molar-refractivity contribution in [1.82, 2.24) is 26.2 Å². The van der Waals surface area contributed by atoms with E-state index in [0.29, 0.717) is 45.1 Å². The molecule has 5 aliphatic rings. The fraction of sp³-hybridized carbons (Fsp3) is 0.868. The molecule has 51 heavy (non-hydrogen) atoms. The molecule has 0 radical (unpaired) electrons. The van der Waals surface area contributed by atoms with E-state index in [9.17, 15) is 32.4 Å². The van der Waals surface area contributed by atoms with Crippen LogP contribution in [0.5, 0.6) is 0 Å². The summed E-state index contributed by atoms with van der Waals surface area (Å²) >= 11 is 0. The summed E-state index contributed by atoms with van der Waals surface area (Å²) in [7, 11) is -3.62. The van der Waals surface area contributed by atoms with E-state index in [4.69, 9.17) is 0 Å². The molecule has 13 heteroatoms. The average molecular weight is 734 g/mol. The Bertz CT molecular complexity index is 1450. The summed E-state index contributed by atoms with van der Waals surface area (Å²) in [6, 6.07) is -3.28. The van der Waals surface area contributed by atoms with Crippen molar-refractivity contribution in [3.63, 3.8) is 0 Å². The highest BCUT2D eigenvalue weighted by molar-refractivity contribution is 7.93. The van der Waals surface area contributed by atoms with Gasteiger partial charge in [0.1, 0.15) is 12.1 Å². The summed E-state index contributed by atoms with van der Waals surface area (Å²) in [5, 5.41) is 11.1. The van der Waals surface area contributed by atoms with Crippen LogP contribution < -0.4 is 21.3 Å². The van der Waals surface area contributed by atoms with Crippen LogP contribution in [0.25, 0.3) is 0 Å². The summed E-state index contributed by atoms with van der Waals surface area (Å²) < 4.78 is 26.1. The normalized spacial score (nSPS) is 30.4. The zero-order chi connectivity index (χ0) is 37.4. The van der Waals surface area contributed by atoms with Crippen molar-refractivity contribution in [2.75, 3.05) is 6.54 Å². The Morgan fingerprint density at radius 1 is 0.843 bits per heavy atom. The number of ketones is 1. The number of carbonyl (C=O) groups excluding carboxylic acids is 5. The Morgan fingerprint density at radius 2 is 1.41 bits per heavy atom. The summed E-state index contributed by atoms with van der Waals surface area (Å²) in [6.07, 6.45) is 12.1. The van der Waals surface area contributed by atoms with Gasteiger partial charge in [-0.15, -0.1) is 0 Å². The topological polar surface area (TPSA) is 171 Å². The third-order valence-electron chi connectivity index (χ3n) is 13.2. The lowest BCUT2D eigenvalue weighted by Gasteiger charge is -2.49. The van der Waals surface area contributed by atoms with Crippen LogP contribution in [0.15, 0.2) is 0 Å². The summed E-state index contributed by atoms with van der Waals surface area (Å²) in [4.78, 5) is 70.4. The molecule has 5 amide bonds. The molecular weight excluding hydrogens is 671 g/mol. The Hall–Kier alpha value is -2.70. The van der Waals surface area contributed by atoms with Crippen molar-refractivity contribution in [2.45, 2.75) is 184 Å². The number of nitrogens with zero attached hydrogens (tertiary/aromatic N) is 1. The highest BCUT2D eigenvalue weighted by Crippen LogP contribution is 2.65. The van der Waals surface area contributed by atoms with Gasteiger partial charge in [0, 0.05) is 12.6 Å². The predicted octanol–water partition coefficient (Wildman–Crippen LogP) is 4.30. The molecule has 0 unspecified atom stereocenters. The Balaban J connectivity index is 1.39. The molecule has 5 rings (SSSR count). The molecule has 288 valence electrons. The first kappa shape index (κ1) is 39.5. The lowest BCUT2D eigenvalue weighted by atomic mass is 9.73. The lowest BCUT2D eigenvalue weighted by molar-refractivity contribution is -0.144. The van der Waals surface area contributed by atoms with Crippen LogP contribution in [0.3, 0.4) is 0 Å². The maximum absolute atomic E-state index is 14.5. The van der Waals surface area contributed by atoms with Crippen LogP contribution in [0.4, 0.5) is 4.79 Å². The molecule has 0 spiro atoms. The van der Waals surface area contributed by atoms with Crippen molar-refractivity contribution >= 4 is 39.4 Å². The van der Waals surface area contributed by atoms with Gasteiger partial charge in [0.2, 0.25) is 17.6 Å². The fourth-order valence-corrected chi connectivity index (χ4v) is 11.3. The van der Waals surface area contributed by atoms with Gasteiger partial charge in [-0.1, -0.05) is 78.1 Å². The van der Waals surface area contributed by atoms with Gasteiger partial charge in [-0.05, 0) is 83.5 Å². The minimum absolute atomic E-state index is 0.0135. The van der Waals surface area contributed by atoms with Gasteiger partial charge in [-0.2, -0.15) is 0 Å². The van der Waals surface area contributed by atoms with Gasteiger partial charge >= 0.3 is 6.03 Å². The van der Waals surface area contributed by atoms with E-state index in [1.54, 1.807) is 32.6 Å². The van der Waals surface area contributed by atoms with E-state index in [1.165, 1.54) is 0 Å². The second kappa shape index (κ2) is 15.3. The van der Waals surface area contributed by atoms with Gasteiger partial charge in [-0.3, -0.25) is 19.2 Å². The van der Waals surface area contributed by atoms with Crippen LogP contribution >= 0.6 is 0 Å². The molecule has 3 aliphatic carbocycles. The average Bonchev–Trinajstić information content (AvgIpc) is 3.92. The highest BCUT2D eigenvalue weighted by atomic mass is 32.2. The third-order valence-corrected chi connectivity index (χ3v) is 16.2. The molecule has 0 aromatic carbocycles. The maximum atomic E-state index is 14.5. The largest absolute Gasteiger partial charge is 0.347 e. The van der Waals surface area contributed by atoms with E-state index in [1.807, 2.05) is 0 Å². The quantitative estimate of drug-likeness (QED) is 0.270. The number of Topliss-reactive ketones (excluding diaryl/α,β-unsaturated/α-hetero) is 1. The van der Waals surface area contributed by atoms with E-state index < -0.39 is 67.1 Å². The van der Waals surface area contributed by atoms with Gasteiger partial charge < -0.3 is 26.2 Å². The Labute approximate surface area is 305 Å². The monoisotopic (exact) mass is 733 g/mol. The van der Waals surface area contributed by atoms with Crippen LogP contribution in [0.1, 0.15) is 144 Å². The van der Waals surface area contributed by atoms with Gasteiger partial charge in [0.05, 0.1) is 21.6 Å². The molecule has 2 aliphatic heterocycles. The number of hydrogen-bond donors (Lipinski definition) is 4. The first-order valence-electron chi connectivity index (χ1n) is 19.7. The summed E-state index contributed by atoms with van der Waals surface area (Å²) in [6.45, 7) is 11.3. The van der Waals surface area contributed by atoms with Crippen LogP contribution in [-0.2, 0) is 29.0 Å². The number of sulfone groups is 1. The Morgan fingerprint density at radius 3 is 2.00 bits per heavy atom. The minimum atomic E-state index is -3.62. The standard InChI is InChI=1S/C38H63N5O7S/c1-24(2)51(49,50)37(5,6)38(21-15-12-16-22-38)42-35(48)41-28-18-14-11-9-7-8-10-13-17-27(31(44)33(46)39-25-19-20-25)40-32(45)30-29-26(36(29,3)4)23-43(30)34(28)47/h24-30H,7-23H2,1-6H3,(H,39,46)(H,40,45)(H2,41,42,48)/t26-,27+,28+,29-,30-/m0/s1. The minimum Gasteiger partial charge on any atom is -0.347 e. The first-order chi connectivity index (χ1) is 23.9. The SMILES string of the molecule is CC(C)S(=O)(=O)C(C)(C)C1(NC(=O)N[C@@H]2CCCCCCCCC[C@H](C(=O)C(=O)NC3CC3)NC(=O)[C@@H]3[C@@H]4[C@H](CN3C2=O)C4(C)C)CCCCC1. The summed E-state index contributed by atoms with van der Waals surface area (Å²) in [5.41, 5.74) is -1.18. The van der Waals surface area contributed by atoms with E-state index in [0.717, 1.165) is 64.2 Å². The van der Waals surface area contributed by atoms with E-state index in [-0.39, 0.29) is 29.2 Å². The van der Waals surface area contributed by atoms with Crippen molar-refractivity contribution < 1.29 is 32.4 Å². The lowest BCUT2D eigenvalue weighted by Crippen LogP contribution is -2.68. The van der Waals surface area contributed by atoms with Crippen LogP contribution in [0, 0.1) is 17.3 Å². The van der Waals surface area contributed by atoms with E-state index in [2.05, 4.69) is 35.1 Å². The van der Waals surface area contributed by atoms with Crippen LogP contribution in [-0.4, -0.2) is 89.1 Å². The highest BCUT2D eigenvalue weighted by Gasteiger charge is 2.69. The number of piperidine rings is 1. The number of fused-ring (bicyclic) bond motifs is 3. The fourth-order valence-electron chi connectivity index (χ4n) is 9.33. The smallest absolute Gasteiger partial charge is 0.315 e. The number of rotatable bonds is 8. The first-order valence-corrected chi connectivity index (χ1v) is 21.3. The number of amides is 5. The molecule has 12 nitrogen and oxygen atoms in total. The second-order valence-electron chi connectivity index (χ2n) is 17.5. The van der Waals surface area contributed by atoms with Crippen LogP contribution in [0.2, 0.25) is 0 Å². The molecule has 0 aromatic rings. The molecule has 3 saturated carbocycles. The van der Waals surface area contributed by atoms with Gasteiger partial charge in [-0.25, -0.2) is 13.2 Å². The molecule has 5 atom stereocenters. The third kappa shape index (κ3) is 8.12. The number of hydrogen-bond acceptors (Lipinski definition) is 7. The zero-order valence-corrected chi connectivity index (χ0v) is 32.6. The molecular formula is C38H63N5O7S. The van der Waals surface area contributed by atoms with Gasteiger partial charge in [0.25, 0.3) is 5.91 Å². The van der Waals surface area contributed by atoms with Crippen molar-refractivity contribution in [2.24, 2.45) is 17.3 Å². The van der Waals surface area contributed by atoms with E-state index >= 15 is 0 Å².